The average Bonchev–Trinajstić information content (AvgIpc) is 3.36. The number of esters is 3. The largest absolute Gasteiger partial charge is 0.459 e. The fraction of sp³-hybridized carbons (Fsp3) is 0.290. The third kappa shape index (κ3) is 7.00. The third-order valence-corrected chi connectivity index (χ3v) is 7.13. The van der Waals surface area contributed by atoms with Gasteiger partial charge < -0.3 is 24.3 Å². The number of alkyl halides is 3. The molecule has 1 unspecified atom stereocenters. The molecule has 13 heteroatoms. The number of nitrogens with one attached hydrogen (secondary N) is 1. The number of urea groups is 1. The average molecular weight is 613 g/mol. The Bertz CT molecular complexity index is 1470. The molecule has 2 amide bonds. The van der Waals surface area contributed by atoms with Crippen molar-refractivity contribution in [3.8, 4) is 0 Å². The van der Waals surface area contributed by atoms with Crippen LogP contribution in [0.3, 0.4) is 0 Å². The summed E-state index contributed by atoms with van der Waals surface area (Å²) in [4.78, 5) is 52.7. The number of carbonyl (C=O) groups excluding carboxylic acids is 4. The molecule has 0 radical (unpaired) electrons. The summed E-state index contributed by atoms with van der Waals surface area (Å²) in [7, 11) is 0. The highest BCUT2D eigenvalue weighted by molar-refractivity contribution is 5.91. The molecule has 44 heavy (non-hydrogen) atoms. The van der Waals surface area contributed by atoms with Crippen molar-refractivity contribution in [1.29, 1.82) is 0 Å². The number of nitrogens with zero attached hydrogens (tertiary/aromatic N) is 1. The Morgan fingerprint density at radius 1 is 0.773 bits per heavy atom. The number of ether oxygens (including phenoxy) is 4. The van der Waals surface area contributed by atoms with Crippen LogP contribution < -0.4 is 5.32 Å². The maximum absolute atomic E-state index is 13.7. The number of amides is 2. The minimum Gasteiger partial charge on any atom is -0.459 e. The maximum Gasteiger partial charge on any atom is 0.395 e. The van der Waals surface area contributed by atoms with Gasteiger partial charge in [-0.2, -0.15) is 13.2 Å². The van der Waals surface area contributed by atoms with Crippen LogP contribution in [0.1, 0.15) is 31.1 Å². The number of benzene rings is 3. The van der Waals surface area contributed by atoms with Gasteiger partial charge in [0.25, 0.3) is 0 Å². The van der Waals surface area contributed by atoms with Gasteiger partial charge in [0.05, 0.1) is 22.6 Å². The highest BCUT2D eigenvalue weighted by Crippen LogP contribution is 2.35. The van der Waals surface area contributed by atoms with Crippen molar-refractivity contribution in [3.05, 3.63) is 108 Å². The Hall–Kier alpha value is -4.91. The first kappa shape index (κ1) is 30.5. The van der Waals surface area contributed by atoms with Crippen LogP contribution in [0.15, 0.2) is 91.0 Å². The zero-order chi connectivity index (χ0) is 31.3. The second kappa shape index (κ2) is 13.2. The van der Waals surface area contributed by atoms with E-state index >= 15 is 0 Å². The van der Waals surface area contributed by atoms with Crippen molar-refractivity contribution < 1.29 is 51.3 Å². The van der Waals surface area contributed by atoms with Gasteiger partial charge in [-0.05, 0) is 36.4 Å². The van der Waals surface area contributed by atoms with E-state index in [9.17, 15) is 32.3 Å². The summed E-state index contributed by atoms with van der Waals surface area (Å²) >= 11 is 0. The van der Waals surface area contributed by atoms with Crippen LogP contribution in [-0.4, -0.2) is 79.3 Å². The van der Waals surface area contributed by atoms with Gasteiger partial charge in [0.2, 0.25) is 0 Å². The van der Waals surface area contributed by atoms with E-state index in [1.807, 2.05) is 0 Å². The van der Waals surface area contributed by atoms with Gasteiger partial charge in [0.15, 0.2) is 18.4 Å². The van der Waals surface area contributed by atoms with Gasteiger partial charge in [0, 0.05) is 13.1 Å². The van der Waals surface area contributed by atoms with E-state index < -0.39 is 80.3 Å². The zero-order valence-corrected chi connectivity index (χ0v) is 23.0. The lowest BCUT2D eigenvalue weighted by Crippen LogP contribution is -2.60. The molecule has 230 valence electrons. The van der Waals surface area contributed by atoms with Crippen molar-refractivity contribution in [1.82, 2.24) is 10.2 Å². The van der Waals surface area contributed by atoms with Crippen LogP contribution in [0.25, 0.3) is 0 Å². The van der Waals surface area contributed by atoms with E-state index in [1.165, 1.54) is 36.4 Å². The Labute approximate surface area is 249 Å². The quantitative estimate of drug-likeness (QED) is 0.297. The van der Waals surface area contributed by atoms with Gasteiger partial charge >= 0.3 is 30.1 Å². The number of hydrogen-bond acceptors (Lipinski definition) is 8. The van der Waals surface area contributed by atoms with Crippen molar-refractivity contribution in [2.24, 2.45) is 5.92 Å². The van der Waals surface area contributed by atoms with Crippen molar-refractivity contribution in [3.63, 3.8) is 0 Å². The first-order chi connectivity index (χ1) is 21.1. The second-order valence-electron chi connectivity index (χ2n) is 10.1. The minimum absolute atomic E-state index is 0.0922. The molecule has 2 saturated heterocycles. The summed E-state index contributed by atoms with van der Waals surface area (Å²) in [5.74, 6) is -4.49. The first-order valence-corrected chi connectivity index (χ1v) is 13.6. The van der Waals surface area contributed by atoms with Crippen LogP contribution in [-0.2, 0) is 18.9 Å². The minimum atomic E-state index is -4.66. The normalized spacial score (nSPS) is 23.4. The molecule has 2 fully saturated rings. The summed E-state index contributed by atoms with van der Waals surface area (Å²) in [6.07, 6.45) is -10.7. The third-order valence-electron chi connectivity index (χ3n) is 7.13. The van der Waals surface area contributed by atoms with E-state index in [0.29, 0.717) is 0 Å². The molecular formula is C31H27F3N2O8. The maximum atomic E-state index is 13.7. The molecule has 10 nitrogen and oxygen atoms in total. The molecule has 0 bridgehead atoms. The lowest BCUT2D eigenvalue weighted by molar-refractivity contribution is -0.188. The molecule has 1 N–H and O–H groups in total. The Morgan fingerprint density at radius 3 is 1.75 bits per heavy atom. The lowest BCUT2D eigenvalue weighted by atomic mass is 10.0. The smallest absolute Gasteiger partial charge is 0.395 e. The molecule has 2 aliphatic heterocycles. The van der Waals surface area contributed by atoms with Crippen molar-refractivity contribution in [2.75, 3.05) is 19.7 Å². The standard InChI is InChI=1S/C31H27F3N2O8/c32-31(33,34)22-16-35-30(40)36(17-22)26-25(44-29(39)21-14-8-3-9-15-21)24(43-28(38)20-12-6-2-7-13-20)23(42-26)18-41-27(37)19-10-4-1-5-11-19/h1-15,22-26H,16-18H2,(H,35,40)/t22?,23-,24-,25-,26-/m1/s1. The molecule has 2 aliphatic rings. The van der Waals surface area contributed by atoms with Crippen LogP contribution >= 0.6 is 0 Å². The molecule has 3 aromatic rings. The molecule has 5 rings (SSSR count). The van der Waals surface area contributed by atoms with E-state index in [-0.39, 0.29) is 16.7 Å². The van der Waals surface area contributed by atoms with E-state index in [2.05, 4.69) is 5.32 Å². The van der Waals surface area contributed by atoms with Crippen LogP contribution in [0.5, 0.6) is 0 Å². The van der Waals surface area contributed by atoms with Crippen molar-refractivity contribution >= 4 is 23.9 Å². The fourth-order valence-corrected chi connectivity index (χ4v) is 4.84. The zero-order valence-electron chi connectivity index (χ0n) is 23.0. The molecule has 0 aliphatic carbocycles. The first-order valence-electron chi connectivity index (χ1n) is 13.6. The predicted octanol–water partition coefficient (Wildman–Crippen LogP) is 4.22. The summed E-state index contributed by atoms with van der Waals surface area (Å²) in [5, 5.41) is 2.19. The Balaban J connectivity index is 1.48. The molecule has 5 atom stereocenters. The van der Waals surface area contributed by atoms with E-state index in [4.69, 9.17) is 18.9 Å². The number of hydrogen-bond donors (Lipinski definition) is 1. The van der Waals surface area contributed by atoms with E-state index in [1.54, 1.807) is 54.6 Å². The molecule has 0 aromatic heterocycles. The number of halogens is 3. The van der Waals surface area contributed by atoms with Gasteiger partial charge in [-0.1, -0.05) is 54.6 Å². The van der Waals surface area contributed by atoms with Crippen LogP contribution in [0.4, 0.5) is 18.0 Å². The van der Waals surface area contributed by atoms with Gasteiger partial charge in [-0.15, -0.1) is 0 Å². The van der Waals surface area contributed by atoms with E-state index in [0.717, 1.165) is 4.90 Å². The lowest BCUT2D eigenvalue weighted by Gasteiger charge is -2.38. The van der Waals surface area contributed by atoms with Gasteiger partial charge in [-0.3, -0.25) is 4.90 Å². The molecule has 0 saturated carbocycles. The highest BCUT2D eigenvalue weighted by atomic mass is 19.4. The number of rotatable bonds is 8. The predicted molar refractivity (Wildman–Crippen MR) is 146 cm³/mol. The Kier molecular flexibility index (Phi) is 9.14. The summed E-state index contributed by atoms with van der Waals surface area (Å²) in [5.41, 5.74) is 0.418. The monoisotopic (exact) mass is 612 g/mol. The van der Waals surface area contributed by atoms with Crippen LogP contribution in [0, 0.1) is 5.92 Å². The van der Waals surface area contributed by atoms with Gasteiger partial charge in [0.1, 0.15) is 12.7 Å². The fourth-order valence-electron chi connectivity index (χ4n) is 4.84. The second-order valence-corrected chi connectivity index (χ2v) is 10.1. The molecule has 3 aromatic carbocycles. The topological polar surface area (TPSA) is 120 Å². The SMILES string of the molecule is O=C(OC[C@H]1O[C@@H](N2CC(C(F)(F)F)CNC2=O)[C@H](OC(=O)c2ccccc2)[C@@H]1OC(=O)c1ccccc1)c1ccccc1. The molecule has 0 spiro atoms. The van der Waals surface area contributed by atoms with Gasteiger partial charge in [-0.25, -0.2) is 19.2 Å². The Morgan fingerprint density at radius 2 is 1.25 bits per heavy atom. The van der Waals surface area contributed by atoms with Crippen LogP contribution in [0.2, 0.25) is 0 Å². The van der Waals surface area contributed by atoms with Crippen molar-refractivity contribution in [2.45, 2.75) is 30.7 Å². The molecule has 2 heterocycles. The summed E-state index contributed by atoms with van der Waals surface area (Å²) in [6.45, 7) is -2.03. The molecular weight excluding hydrogens is 585 g/mol. The number of carbonyl (C=O) groups is 4. The summed E-state index contributed by atoms with van der Waals surface area (Å²) in [6, 6.07) is 22.5. The summed E-state index contributed by atoms with van der Waals surface area (Å²) < 4.78 is 64.0. The highest BCUT2D eigenvalue weighted by Gasteiger charge is 2.56.